The number of fused-ring (bicyclic) bond motifs is 1. The molecule has 1 aliphatic carbocycles. The van der Waals surface area contributed by atoms with E-state index in [0.29, 0.717) is 23.4 Å². The van der Waals surface area contributed by atoms with E-state index in [9.17, 15) is 19.5 Å². The highest BCUT2D eigenvalue weighted by Gasteiger charge is 2.31. The van der Waals surface area contributed by atoms with Crippen molar-refractivity contribution in [1.82, 2.24) is 24.4 Å². The van der Waals surface area contributed by atoms with E-state index in [4.69, 9.17) is 0 Å². The third kappa shape index (κ3) is 4.28. The van der Waals surface area contributed by atoms with Crippen molar-refractivity contribution in [3.8, 4) is 5.88 Å². The lowest BCUT2D eigenvalue weighted by molar-refractivity contribution is -0.128. The summed E-state index contributed by atoms with van der Waals surface area (Å²) in [6.45, 7) is 10.1. The average Bonchev–Trinajstić information content (AvgIpc) is 3.39. The maximum atomic E-state index is 13.4. The second-order valence-electron chi connectivity index (χ2n) is 9.84. The summed E-state index contributed by atoms with van der Waals surface area (Å²) in [4.78, 5) is 40.9. The minimum absolute atomic E-state index is 0.0461. The Kier molecular flexibility index (Phi) is 6.07. The van der Waals surface area contributed by atoms with Crippen LogP contribution in [0.25, 0.3) is 11.7 Å². The minimum atomic E-state index is -0.586. The molecule has 2 aliphatic rings. The van der Waals surface area contributed by atoms with Gasteiger partial charge in [-0.25, -0.2) is 0 Å². The molecule has 0 bridgehead atoms. The molecule has 9 nitrogen and oxygen atoms in total. The molecule has 2 unspecified atom stereocenters. The van der Waals surface area contributed by atoms with Crippen molar-refractivity contribution in [1.29, 1.82) is 0 Å². The summed E-state index contributed by atoms with van der Waals surface area (Å²) in [7, 11) is 0. The highest BCUT2D eigenvalue weighted by Crippen LogP contribution is 2.27. The van der Waals surface area contributed by atoms with E-state index in [1.54, 1.807) is 13.0 Å². The van der Waals surface area contributed by atoms with Crippen molar-refractivity contribution in [3.63, 3.8) is 0 Å². The van der Waals surface area contributed by atoms with E-state index >= 15 is 0 Å². The molecule has 9 heteroatoms. The first-order valence-corrected chi connectivity index (χ1v) is 11.8. The summed E-state index contributed by atoms with van der Waals surface area (Å²) >= 11 is 0. The predicted molar refractivity (Wildman–Crippen MR) is 125 cm³/mol. The van der Waals surface area contributed by atoms with Gasteiger partial charge < -0.3 is 15.3 Å². The second-order valence-corrected chi connectivity index (χ2v) is 9.84. The molecule has 33 heavy (non-hydrogen) atoms. The summed E-state index contributed by atoms with van der Waals surface area (Å²) in [5, 5.41) is 18.1. The van der Waals surface area contributed by atoms with Crippen LogP contribution in [0, 0.1) is 12.8 Å². The molecule has 3 heterocycles. The molecule has 178 valence electrons. The number of aryl methyl sites for hydroxylation is 1. The Labute approximate surface area is 193 Å². The molecular formula is C24H33N5O4. The van der Waals surface area contributed by atoms with E-state index in [2.05, 4.69) is 10.4 Å². The maximum absolute atomic E-state index is 13.4. The van der Waals surface area contributed by atoms with Crippen LogP contribution in [0.3, 0.4) is 0 Å². The fourth-order valence-electron chi connectivity index (χ4n) is 4.65. The van der Waals surface area contributed by atoms with Crippen LogP contribution in [-0.2, 0) is 11.3 Å². The molecule has 2 aromatic heterocycles. The molecule has 2 atom stereocenters. The summed E-state index contributed by atoms with van der Waals surface area (Å²) in [5.41, 5.74) is 0.634. The summed E-state index contributed by atoms with van der Waals surface area (Å²) < 4.78 is 2.73. The minimum Gasteiger partial charge on any atom is -0.492 e. The van der Waals surface area contributed by atoms with Crippen molar-refractivity contribution in [2.24, 2.45) is 5.92 Å². The fraction of sp³-hybridized carbons (Fsp3) is 0.583. The normalized spacial score (nSPS) is 21.0. The van der Waals surface area contributed by atoms with Crippen LogP contribution in [-0.4, -0.2) is 54.1 Å². The van der Waals surface area contributed by atoms with Gasteiger partial charge in [-0.15, -0.1) is 0 Å². The van der Waals surface area contributed by atoms with Crippen LogP contribution >= 0.6 is 0 Å². The van der Waals surface area contributed by atoms with E-state index in [-0.39, 0.29) is 35.5 Å². The monoisotopic (exact) mass is 455 g/mol. The van der Waals surface area contributed by atoms with Crippen LogP contribution < -0.4 is 10.9 Å². The quantitative estimate of drug-likeness (QED) is 0.651. The molecule has 0 aromatic carbocycles. The van der Waals surface area contributed by atoms with Crippen molar-refractivity contribution < 1.29 is 14.7 Å². The first kappa shape index (κ1) is 23.1. The Morgan fingerprint density at radius 2 is 1.82 bits per heavy atom. The van der Waals surface area contributed by atoms with Gasteiger partial charge in [-0.05, 0) is 58.4 Å². The zero-order chi connectivity index (χ0) is 24.0. The molecule has 0 spiro atoms. The van der Waals surface area contributed by atoms with Crippen LogP contribution in [0.5, 0.6) is 5.88 Å². The maximum Gasteiger partial charge on any atom is 0.270 e. The van der Waals surface area contributed by atoms with E-state index < -0.39 is 17.3 Å². The number of amides is 2. The van der Waals surface area contributed by atoms with Crippen molar-refractivity contribution in [2.75, 3.05) is 0 Å². The molecule has 2 N–H and O–H groups in total. The van der Waals surface area contributed by atoms with Gasteiger partial charge in [-0.3, -0.25) is 19.0 Å². The smallest absolute Gasteiger partial charge is 0.270 e. The average molecular weight is 456 g/mol. The largest absolute Gasteiger partial charge is 0.492 e. The van der Waals surface area contributed by atoms with Gasteiger partial charge in [-0.1, -0.05) is 13.8 Å². The Morgan fingerprint density at radius 3 is 2.39 bits per heavy atom. The summed E-state index contributed by atoms with van der Waals surface area (Å²) in [5.74, 6) is -1.05. The molecule has 4 rings (SSSR count). The van der Waals surface area contributed by atoms with Gasteiger partial charge in [-0.2, -0.15) is 9.61 Å². The number of nitrogens with one attached hydrogen (secondary N) is 1. The Morgan fingerprint density at radius 1 is 1.18 bits per heavy atom. The zero-order valence-corrected chi connectivity index (χ0v) is 20.0. The van der Waals surface area contributed by atoms with Crippen molar-refractivity contribution in [3.05, 3.63) is 33.3 Å². The topological polar surface area (TPSA) is 109 Å². The van der Waals surface area contributed by atoms with Crippen LogP contribution in [0.2, 0.25) is 0 Å². The van der Waals surface area contributed by atoms with Gasteiger partial charge in [0.15, 0.2) is 5.56 Å². The molecular weight excluding hydrogens is 422 g/mol. The van der Waals surface area contributed by atoms with E-state index in [0.717, 1.165) is 25.7 Å². The lowest BCUT2D eigenvalue weighted by atomic mass is 10.1. The Hall–Kier alpha value is -3.10. The Bertz CT molecular complexity index is 1180. The molecule has 2 amide bonds. The fourth-order valence-corrected chi connectivity index (χ4v) is 4.65. The van der Waals surface area contributed by atoms with Gasteiger partial charge in [0.1, 0.15) is 5.65 Å². The number of hydrogen-bond acceptors (Lipinski definition) is 5. The molecule has 2 fully saturated rings. The highest BCUT2D eigenvalue weighted by atomic mass is 16.3. The third-order valence-corrected chi connectivity index (χ3v) is 6.51. The first-order chi connectivity index (χ1) is 15.6. The van der Waals surface area contributed by atoms with Crippen molar-refractivity contribution >= 4 is 23.5 Å². The first-order valence-electron chi connectivity index (χ1n) is 11.8. The number of likely N-dealkylation sites (tertiary alicyclic amines) is 1. The van der Waals surface area contributed by atoms with Gasteiger partial charge >= 0.3 is 0 Å². The Balaban J connectivity index is 1.82. The SMILES string of the molecule is Cc1nn2c(O)c(C(=O)NC3CC3)c(=O)n(CC(C)C)c2c1/C=C/C(=O)N1C(C)CCC1C. The number of nitrogens with zero attached hydrogens (tertiary/aromatic N) is 4. The predicted octanol–water partition coefficient (Wildman–Crippen LogP) is 2.47. The number of carbonyl (C=O) groups is 2. The summed E-state index contributed by atoms with van der Waals surface area (Å²) in [6.07, 6.45) is 6.86. The highest BCUT2D eigenvalue weighted by molar-refractivity contribution is 5.97. The lowest BCUT2D eigenvalue weighted by Crippen LogP contribution is -2.37. The lowest BCUT2D eigenvalue weighted by Gasteiger charge is -2.24. The molecule has 1 saturated carbocycles. The molecule has 1 aliphatic heterocycles. The molecule has 0 radical (unpaired) electrons. The van der Waals surface area contributed by atoms with E-state index in [1.165, 1.54) is 15.2 Å². The number of hydrogen-bond donors (Lipinski definition) is 2. The zero-order valence-electron chi connectivity index (χ0n) is 20.0. The number of carbonyl (C=O) groups excluding carboxylic acids is 2. The standard InChI is InChI=1S/C24H33N5O4/c1-13(2)12-27-22-18(10-11-19(30)28-14(3)6-7-15(28)4)16(5)26-29(22)24(33)20(23(27)32)21(31)25-17-8-9-17/h10-11,13-15,17,33H,6-9,12H2,1-5H3,(H,25,31)/b11-10+. The van der Waals surface area contributed by atoms with Crippen LogP contribution in [0.4, 0.5) is 0 Å². The van der Waals surface area contributed by atoms with Gasteiger partial charge in [0.25, 0.3) is 11.5 Å². The van der Waals surface area contributed by atoms with Crippen LogP contribution in [0.1, 0.15) is 75.0 Å². The summed E-state index contributed by atoms with van der Waals surface area (Å²) in [6, 6.07) is 0.403. The third-order valence-electron chi connectivity index (χ3n) is 6.51. The van der Waals surface area contributed by atoms with Crippen molar-refractivity contribution in [2.45, 2.75) is 85.0 Å². The number of aromatic hydroxyl groups is 1. The van der Waals surface area contributed by atoms with E-state index in [1.807, 2.05) is 32.6 Å². The number of rotatable bonds is 6. The number of aromatic nitrogens is 3. The molecule has 1 saturated heterocycles. The second kappa shape index (κ2) is 8.68. The van der Waals surface area contributed by atoms with Gasteiger partial charge in [0.05, 0.1) is 5.69 Å². The van der Waals surface area contributed by atoms with Crippen LogP contribution in [0.15, 0.2) is 10.9 Å². The van der Waals surface area contributed by atoms with Gasteiger partial charge in [0, 0.05) is 36.3 Å². The molecule has 2 aromatic rings. The van der Waals surface area contributed by atoms with Gasteiger partial charge in [0.2, 0.25) is 11.8 Å².